The van der Waals surface area contributed by atoms with E-state index in [-0.39, 0.29) is 17.4 Å². The largest absolute Gasteiger partial charge is 0.465 e. The zero-order valence-electron chi connectivity index (χ0n) is 12.7. The topological polar surface area (TPSA) is 52.6 Å². The van der Waals surface area contributed by atoms with E-state index in [1.165, 1.54) is 25.7 Å². The summed E-state index contributed by atoms with van der Waals surface area (Å²) < 4.78 is 10.3. The van der Waals surface area contributed by atoms with Crippen LogP contribution in [-0.4, -0.2) is 25.2 Å². The highest BCUT2D eigenvalue weighted by Gasteiger charge is 2.64. The van der Waals surface area contributed by atoms with E-state index in [0.717, 1.165) is 12.8 Å². The Morgan fingerprint density at radius 1 is 0.850 bits per heavy atom. The Kier molecular flexibility index (Phi) is 4.71. The predicted molar refractivity (Wildman–Crippen MR) is 75.1 cm³/mol. The zero-order chi connectivity index (χ0) is 14.6. The molecular weight excluding hydrogens is 256 g/mol. The van der Waals surface area contributed by atoms with Crippen LogP contribution in [0, 0.1) is 10.8 Å². The van der Waals surface area contributed by atoms with Crippen molar-refractivity contribution in [3.63, 3.8) is 0 Å². The van der Waals surface area contributed by atoms with Gasteiger partial charge in [0, 0.05) is 0 Å². The van der Waals surface area contributed by atoms with Gasteiger partial charge in [0.2, 0.25) is 0 Å². The molecule has 0 radical (unpaired) electrons. The summed E-state index contributed by atoms with van der Waals surface area (Å²) in [6, 6.07) is 0. The molecule has 0 aromatic rings. The van der Waals surface area contributed by atoms with Crippen LogP contribution < -0.4 is 0 Å². The van der Waals surface area contributed by atoms with Gasteiger partial charge in [-0.1, -0.05) is 25.7 Å². The number of carbonyl (C=O) groups excluding carboxylic acids is 2. The van der Waals surface area contributed by atoms with Crippen molar-refractivity contribution in [1.29, 1.82) is 0 Å². The lowest BCUT2D eigenvalue weighted by molar-refractivity contribution is -0.192. The third-order valence-corrected chi connectivity index (χ3v) is 4.85. The lowest BCUT2D eigenvalue weighted by Crippen LogP contribution is -2.57. The second-order valence-corrected chi connectivity index (χ2v) is 6.29. The minimum atomic E-state index is -1.02. The smallest absolute Gasteiger partial charge is 0.323 e. The molecule has 0 unspecified atom stereocenters. The maximum Gasteiger partial charge on any atom is 0.323 e. The summed E-state index contributed by atoms with van der Waals surface area (Å²) in [6.45, 7) is 4.17. The molecule has 0 atom stereocenters. The average molecular weight is 282 g/mol. The van der Waals surface area contributed by atoms with Crippen LogP contribution in [0.3, 0.4) is 0 Å². The molecule has 114 valence electrons. The van der Waals surface area contributed by atoms with Crippen LogP contribution in [-0.2, 0) is 19.1 Å². The molecule has 2 aliphatic rings. The molecule has 2 rings (SSSR count). The molecule has 2 fully saturated rings. The van der Waals surface area contributed by atoms with Crippen molar-refractivity contribution >= 4 is 11.9 Å². The maximum absolute atomic E-state index is 12.3. The van der Waals surface area contributed by atoms with Crippen molar-refractivity contribution in [3.8, 4) is 0 Å². The highest BCUT2D eigenvalue weighted by molar-refractivity contribution is 6.01. The van der Waals surface area contributed by atoms with Crippen LogP contribution in [0.25, 0.3) is 0 Å². The van der Waals surface area contributed by atoms with Crippen LogP contribution in [0.15, 0.2) is 0 Å². The predicted octanol–water partition coefficient (Wildman–Crippen LogP) is 3.23. The Hall–Kier alpha value is -1.06. The molecule has 0 bridgehead atoms. The Morgan fingerprint density at radius 2 is 1.30 bits per heavy atom. The van der Waals surface area contributed by atoms with Gasteiger partial charge < -0.3 is 9.47 Å². The van der Waals surface area contributed by atoms with E-state index in [0.29, 0.717) is 26.1 Å². The summed E-state index contributed by atoms with van der Waals surface area (Å²) >= 11 is 0. The van der Waals surface area contributed by atoms with Crippen LogP contribution >= 0.6 is 0 Å². The number of hydrogen-bond acceptors (Lipinski definition) is 4. The third kappa shape index (κ3) is 2.70. The van der Waals surface area contributed by atoms with Gasteiger partial charge in [-0.05, 0) is 44.9 Å². The Bertz CT molecular complexity index is 339. The summed E-state index contributed by atoms with van der Waals surface area (Å²) in [4.78, 5) is 24.5. The van der Waals surface area contributed by atoms with Gasteiger partial charge in [0.15, 0.2) is 5.41 Å². The Morgan fingerprint density at radius 3 is 1.70 bits per heavy atom. The van der Waals surface area contributed by atoms with Crippen molar-refractivity contribution in [2.45, 2.75) is 65.2 Å². The average Bonchev–Trinajstić information content (AvgIpc) is 2.62. The molecule has 1 spiro atoms. The fourth-order valence-electron chi connectivity index (χ4n) is 3.97. The van der Waals surface area contributed by atoms with Crippen molar-refractivity contribution in [1.82, 2.24) is 0 Å². The summed E-state index contributed by atoms with van der Waals surface area (Å²) in [5, 5.41) is 0. The first-order valence-corrected chi connectivity index (χ1v) is 7.93. The van der Waals surface area contributed by atoms with Crippen molar-refractivity contribution in [2.24, 2.45) is 10.8 Å². The first-order valence-electron chi connectivity index (χ1n) is 7.93. The van der Waals surface area contributed by atoms with E-state index < -0.39 is 5.41 Å². The van der Waals surface area contributed by atoms with Gasteiger partial charge in [-0.25, -0.2) is 0 Å². The summed E-state index contributed by atoms with van der Waals surface area (Å²) in [5.74, 6) is -0.762. The van der Waals surface area contributed by atoms with E-state index in [1.807, 2.05) is 0 Å². The molecule has 4 heteroatoms. The third-order valence-electron chi connectivity index (χ3n) is 4.85. The molecule has 20 heavy (non-hydrogen) atoms. The minimum absolute atomic E-state index is 0.177. The standard InChI is InChI=1S/C16H26O4/c1-3-19-13(17)16(14(18)20-4-2)11-15(12-16)9-7-5-6-8-10-15/h3-12H2,1-2H3. The fraction of sp³-hybridized carbons (Fsp3) is 0.875. The number of esters is 2. The molecule has 0 aliphatic heterocycles. The number of hydrogen-bond donors (Lipinski definition) is 0. The van der Waals surface area contributed by atoms with Gasteiger partial charge in [0.05, 0.1) is 13.2 Å². The normalized spacial score (nSPS) is 23.5. The van der Waals surface area contributed by atoms with E-state index in [2.05, 4.69) is 0 Å². The lowest BCUT2D eigenvalue weighted by Gasteiger charge is -2.52. The van der Waals surface area contributed by atoms with Crippen LogP contribution in [0.5, 0.6) is 0 Å². The fourth-order valence-corrected chi connectivity index (χ4v) is 3.97. The molecule has 0 N–H and O–H groups in total. The van der Waals surface area contributed by atoms with Gasteiger partial charge in [-0.3, -0.25) is 9.59 Å². The van der Waals surface area contributed by atoms with Crippen molar-refractivity contribution in [3.05, 3.63) is 0 Å². The molecule has 0 aromatic heterocycles. The molecule has 2 saturated carbocycles. The van der Waals surface area contributed by atoms with Crippen LogP contribution in [0.4, 0.5) is 0 Å². The van der Waals surface area contributed by atoms with E-state index >= 15 is 0 Å². The van der Waals surface area contributed by atoms with Crippen molar-refractivity contribution < 1.29 is 19.1 Å². The van der Waals surface area contributed by atoms with Crippen molar-refractivity contribution in [2.75, 3.05) is 13.2 Å². The van der Waals surface area contributed by atoms with E-state index in [9.17, 15) is 9.59 Å². The summed E-state index contributed by atoms with van der Waals surface area (Å²) in [7, 11) is 0. The Balaban J connectivity index is 2.11. The van der Waals surface area contributed by atoms with Gasteiger partial charge in [-0.15, -0.1) is 0 Å². The van der Waals surface area contributed by atoms with Crippen LogP contribution in [0.1, 0.15) is 65.2 Å². The number of ether oxygens (including phenoxy) is 2. The second kappa shape index (κ2) is 6.15. The minimum Gasteiger partial charge on any atom is -0.465 e. The molecule has 4 nitrogen and oxygen atoms in total. The number of carbonyl (C=O) groups is 2. The highest BCUT2D eigenvalue weighted by Crippen LogP contribution is 2.61. The van der Waals surface area contributed by atoms with Gasteiger partial charge in [0.1, 0.15) is 0 Å². The first kappa shape index (κ1) is 15.3. The monoisotopic (exact) mass is 282 g/mol. The molecule has 0 saturated heterocycles. The second-order valence-electron chi connectivity index (χ2n) is 6.29. The molecule has 0 heterocycles. The van der Waals surface area contributed by atoms with E-state index in [4.69, 9.17) is 9.47 Å². The first-order chi connectivity index (χ1) is 9.58. The highest BCUT2D eigenvalue weighted by atomic mass is 16.6. The Labute approximate surface area is 121 Å². The molecule has 2 aliphatic carbocycles. The van der Waals surface area contributed by atoms with Gasteiger partial charge in [-0.2, -0.15) is 0 Å². The molecular formula is C16H26O4. The quantitative estimate of drug-likeness (QED) is 0.587. The summed E-state index contributed by atoms with van der Waals surface area (Å²) in [5.41, 5.74) is -0.841. The maximum atomic E-state index is 12.3. The summed E-state index contributed by atoms with van der Waals surface area (Å²) in [6.07, 6.45) is 8.47. The number of rotatable bonds is 4. The SMILES string of the molecule is CCOC(=O)C1(C(=O)OCC)CC2(CCCCCC2)C1. The van der Waals surface area contributed by atoms with E-state index in [1.54, 1.807) is 13.8 Å². The zero-order valence-corrected chi connectivity index (χ0v) is 12.7. The lowest BCUT2D eigenvalue weighted by atomic mass is 9.50. The van der Waals surface area contributed by atoms with Crippen LogP contribution in [0.2, 0.25) is 0 Å². The molecule has 0 aromatic carbocycles. The van der Waals surface area contributed by atoms with Gasteiger partial charge in [0.25, 0.3) is 0 Å². The molecule has 0 amide bonds. The van der Waals surface area contributed by atoms with Gasteiger partial charge >= 0.3 is 11.9 Å².